The maximum Gasteiger partial charge on any atom is 0.202 e. The Hall–Kier alpha value is -3.10. The van der Waals surface area contributed by atoms with Gasteiger partial charge in [-0.15, -0.1) is 0 Å². The Labute approximate surface area is 236 Å². The van der Waals surface area contributed by atoms with Crippen molar-refractivity contribution in [3.05, 3.63) is 51.6 Å². The number of hydrogen-bond acceptors (Lipinski definition) is 12. The monoisotopic (exact) mass is 573 g/mol. The van der Waals surface area contributed by atoms with Crippen LogP contribution >= 0.6 is 0 Å². The molecular weight excluding hydrogens is 538 g/mol. The van der Waals surface area contributed by atoms with Gasteiger partial charge in [-0.3, -0.25) is 9.59 Å². The second-order valence-electron chi connectivity index (χ2n) is 10.9. The van der Waals surface area contributed by atoms with E-state index < -0.39 is 70.7 Å². The number of benzene rings is 2. The molecule has 222 valence electrons. The van der Waals surface area contributed by atoms with Crippen LogP contribution < -0.4 is 10.5 Å². The lowest BCUT2D eigenvalue weighted by Crippen LogP contribution is -2.59. The van der Waals surface area contributed by atoms with Crippen LogP contribution in [0.3, 0.4) is 0 Å². The van der Waals surface area contributed by atoms with E-state index >= 15 is 0 Å². The van der Waals surface area contributed by atoms with Gasteiger partial charge < -0.3 is 49.8 Å². The fraction of sp³-hybridized carbons (Fsp3) is 0.517. The van der Waals surface area contributed by atoms with Gasteiger partial charge in [-0.05, 0) is 19.9 Å². The van der Waals surface area contributed by atoms with Crippen molar-refractivity contribution in [2.24, 2.45) is 5.73 Å². The Morgan fingerprint density at radius 1 is 1.05 bits per heavy atom. The van der Waals surface area contributed by atoms with Crippen molar-refractivity contribution in [3.63, 3.8) is 0 Å². The third-order valence-corrected chi connectivity index (χ3v) is 8.77. The first-order valence-corrected chi connectivity index (χ1v) is 13.3. The molecule has 1 heterocycles. The average Bonchev–Trinajstić information content (AvgIpc) is 2.95. The number of aliphatic hydroxyl groups excluding tert-OH is 1. The summed E-state index contributed by atoms with van der Waals surface area (Å²) < 4.78 is 28.5. The highest BCUT2D eigenvalue weighted by molar-refractivity contribution is 6.31. The van der Waals surface area contributed by atoms with Gasteiger partial charge in [0.05, 0.1) is 42.1 Å². The highest BCUT2D eigenvalue weighted by Gasteiger charge is 2.55. The Bertz CT molecular complexity index is 1390. The average molecular weight is 574 g/mol. The minimum absolute atomic E-state index is 0.00568. The van der Waals surface area contributed by atoms with Gasteiger partial charge in [0.1, 0.15) is 22.8 Å². The van der Waals surface area contributed by atoms with Crippen molar-refractivity contribution in [3.8, 4) is 17.2 Å². The summed E-state index contributed by atoms with van der Waals surface area (Å²) in [6.45, 7) is 3.14. The molecule has 2 aromatic carbocycles. The van der Waals surface area contributed by atoms with Crippen molar-refractivity contribution in [2.75, 3.05) is 21.3 Å². The Kier molecular flexibility index (Phi) is 7.40. The maximum absolute atomic E-state index is 13.8. The van der Waals surface area contributed by atoms with Crippen LogP contribution in [0.2, 0.25) is 0 Å². The fourth-order valence-electron chi connectivity index (χ4n) is 6.20. The molecule has 0 radical (unpaired) electrons. The summed E-state index contributed by atoms with van der Waals surface area (Å²) in [4.78, 5) is 27.5. The second kappa shape index (κ2) is 10.3. The number of carbonyl (C=O) groups excluding carboxylic acids is 2. The first-order chi connectivity index (χ1) is 19.3. The number of phenolic OH excluding ortho intramolecular Hbond substituents is 2. The van der Waals surface area contributed by atoms with E-state index in [-0.39, 0.29) is 52.8 Å². The van der Waals surface area contributed by atoms with E-state index in [9.17, 15) is 30.0 Å². The van der Waals surface area contributed by atoms with Crippen molar-refractivity contribution in [1.29, 1.82) is 0 Å². The van der Waals surface area contributed by atoms with Gasteiger partial charge in [-0.2, -0.15) is 0 Å². The molecule has 5 rings (SSSR count). The molecule has 0 aromatic heterocycles. The molecule has 1 saturated heterocycles. The van der Waals surface area contributed by atoms with Crippen LogP contribution in [0.5, 0.6) is 17.2 Å². The first kappa shape index (κ1) is 29.4. The summed E-state index contributed by atoms with van der Waals surface area (Å²) in [5, 5.41) is 45.4. The number of ether oxygens (including phenoxy) is 5. The van der Waals surface area contributed by atoms with Crippen molar-refractivity contribution in [1.82, 2.24) is 0 Å². The van der Waals surface area contributed by atoms with Crippen molar-refractivity contribution in [2.45, 2.75) is 75.1 Å². The van der Waals surface area contributed by atoms with Crippen LogP contribution in [0.15, 0.2) is 18.2 Å². The molecule has 3 aliphatic rings. The number of ketones is 2. The van der Waals surface area contributed by atoms with Crippen LogP contribution in [-0.2, 0) is 25.4 Å². The van der Waals surface area contributed by atoms with E-state index in [1.807, 2.05) is 0 Å². The zero-order valence-electron chi connectivity index (χ0n) is 23.5. The molecule has 12 nitrogen and oxygen atoms in total. The highest BCUT2D eigenvalue weighted by atomic mass is 16.7. The zero-order valence-corrected chi connectivity index (χ0v) is 23.5. The van der Waals surface area contributed by atoms with Gasteiger partial charge in [0.2, 0.25) is 5.78 Å². The van der Waals surface area contributed by atoms with Gasteiger partial charge in [0, 0.05) is 56.2 Å². The maximum atomic E-state index is 13.8. The predicted molar refractivity (Wildman–Crippen MR) is 142 cm³/mol. The number of fused-ring (bicyclic) bond motifs is 3. The van der Waals surface area contributed by atoms with Gasteiger partial charge in [0.25, 0.3) is 0 Å². The van der Waals surface area contributed by atoms with Gasteiger partial charge >= 0.3 is 0 Å². The van der Waals surface area contributed by atoms with Crippen LogP contribution in [0, 0.1) is 0 Å². The summed E-state index contributed by atoms with van der Waals surface area (Å²) >= 11 is 0. The predicted octanol–water partition coefficient (Wildman–Crippen LogP) is 1.45. The highest BCUT2D eigenvalue weighted by Crippen LogP contribution is 2.54. The summed E-state index contributed by atoms with van der Waals surface area (Å²) in [5.74, 6) is -4.03. The van der Waals surface area contributed by atoms with E-state index in [0.29, 0.717) is 0 Å². The SMILES string of the molecule is COc1cccc2c1C(=O)c1c(O)c3c(c(O)c1C2=O)C[C@@](O)(C(C)(OC)OC)C[C@@H]3O[C@H]1C[C@H](N)[C@H](O)[C@H](C)O1. The quantitative estimate of drug-likeness (QED) is 0.211. The van der Waals surface area contributed by atoms with Gasteiger partial charge in [-0.1, -0.05) is 12.1 Å². The normalized spacial score (nSPS) is 29.5. The molecule has 12 heteroatoms. The largest absolute Gasteiger partial charge is 0.507 e. The molecule has 0 bridgehead atoms. The van der Waals surface area contributed by atoms with Crippen LogP contribution in [0.1, 0.15) is 75.8 Å². The summed E-state index contributed by atoms with van der Waals surface area (Å²) in [6, 6.07) is 3.82. The summed E-state index contributed by atoms with van der Waals surface area (Å²) in [5.41, 5.74) is 3.42. The number of phenols is 2. The minimum Gasteiger partial charge on any atom is -0.507 e. The van der Waals surface area contributed by atoms with E-state index in [4.69, 9.17) is 29.4 Å². The van der Waals surface area contributed by atoms with E-state index in [1.165, 1.54) is 40.4 Å². The summed E-state index contributed by atoms with van der Waals surface area (Å²) in [7, 11) is 4.04. The standard InChI is InChI=1S/C29H35NO11/c1-12-23(31)15(30)9-18(40-12)41-17-11-29(36,28(2,38-4)39-5)10-14-20(17)27(35)22-21(25(14)33)24(32)13-7-6-8-16(37-3)19(13)26(22)34/h6-8,12,15,17-18,23,31,33,35-36H,9-11,30H2,1-5H3/t12-,15-,17-,18-,23+,29-/m0/s1. The van der Waals surface area contributed by atoms with E-state index in [0.717, 1.165) is 0 Å². The molecule has 41 heavy (non-hydrogen) atoms. The number of carbonyl (C=O) groups is 2. The lowest BCUT2D eigenvalue weighted by Gasteiger charge is -2.48. The van der Waals surface area contributed by atoms with Gasteiger partial charge in [0.15, 0.2) is 17.9 Å². The van der Waals surface area contributed by atoms with Crippen LogP contribution in [0.4, 0.5) is 0 Å². The fourth-order valence-corrected chi connectivity index (χ4v) is 6.20. The lowest BCUT2D eigenvalue weighted by atomic mass is 9.70. The molecule has 0 saturated carbocycles. The second-order valence-corrected chi connectivity index (χ2v) is 10.9. The number of methoxy groups -OCH3 is 3. The number of rotatable bonds is 6. The third kappa shape index (κ3) is 4.33. The Morgan fingerprint density at radius 2 is 1.71 bits per heavy atom. The molecule has 1 aliphatic heterocycles. The smallest absolute Gasteiger partial charge is 0.202 e. The molecule has 2 aromatic rings. The third-order valence-electron chi connectivity index (χ3n) is 8.77. The first-order valence-electron chi connectivity index (χ1n) is 13.3. The zero-order chi connectivity index (χ0) is 30.0. The van der Waals surface area contributed by atoms with E-state index in [2.05, 4.69) is 0 Å². The molecule has 0 spiro atoms. The topological polar surface area (TPSA) is 187 Å². The van der Waals surface area contributed by atoms with Crippen molar-refractivity contribution >= 4 is 11.6 Å². The molecule has 0 unspecified atom stereocenters. The lowest BCUT2D eigenvalue weighted by molar-refractivity contribution is -0.309. The number of nitrogens with two attached hydrogens (primary N) is 1. The van der Waals surface area contributed by atoms with Crippen LogP contribution in [0.25, 0.3) is 0 Å². The van der Waals surface area contributed by atoms with Crippen molar-refractivity contribution < 1.29 is 53.7 Å². The molecule has 0 amide bonds. The van der Waals surface area contributed by atoms with Crippen LogP contribution in [-0.4, -0.2) is 89.2 Å². The summed E-state index contributed by atoms with van der Waals surface area (Å²) in [6.07, 6.45) is -4.23. The minimum atomic E-state index is -1.85. The molecule has 2 aliphatic carbocycles. The van der Waals surface area contributed by atoms with Gasteiger partial charge in [-0.25, -0.2) is 0 Å². The Balaban J connectivity index is 1.71. The number of aliphatic hydroxyl groups is 2. The number of aromatic hydroxyl groups is 2. The Morgan fingerprint density at radius 3 is 2.32 bits per heavy atom. The molecule has 6 N–H and O–H groups in total. The molecular formula is C29H35NO11. The number of hydrogen-bond donors (Lipinski definition) is 5. The molecule has 1 fully saturated rings. The van der Waals surface area contributed by atoms with E-state index in [1.54, 1.807) is 13.0 Å². The molecule has 6 atom stereocenters.